The molecule has 3 nitrogen and oxygen atoms in total. The van der Waals surface area contributed by atoms with Gasteiger partial charge in [0.25, 0.3) is 0 Å². The molecule has 0 unspecified atom stereocenters. The van der Waals surface area contributed by atoms with Gasteiger partial charge >= 0.3 is 0 Å². The van der Waals surface area contributed by atoms with Crippen LogP contribution in [0.1, 0.15) is 18.5 Å². The Bertz CT molecular complexity index is 261. The molecule has 0 atom stereocenters. The normalized spacial score (nSPS) is 10.4. The maximum atomic E-state index is 10.1. The molecule has 1 aromatic rings. The minimum Gasteiger partial charge on any atom is -0.303 e. The van der Waals surface area contributed by atoms with E-state index in [0.717, 1.165) is 31.5 Å². The number of carbonyl (C=O) groups is 1. The van der Waals surface area contributed by atoms with Crippen LogP contribution in [0.15, 0.2) is 24.4 Å². The summed E-state index contributed by atoms with van der Waals surface area (Å²) < 4.78 is 0. The maximum Gasteiger partial charge on any atom is 0.120 e. The lowest BCUT2D eigenvalue weighted by atomic mass is 10.3. The van der Waals surface area contributed by atoms with Gasteiger partial charge in [-0.05, 0) is 32.1 Å². The average Bonchev–Trinajstić information content (AvgIpc) is 2.20. The third kappa shape index (κ3) is 4.14. The fourth-order valence-corrected chi connectivity index (χ4v) is 1.29. The number of carbonyl (C=O) groups excluding carboxylic acids is 1. The number of aromatic nitrogens is 1. The summed E-state index contributed by atoms with van der Waals surface area (Å²) in [4.78, 5) is 16.5. The monoisotopic (exact) mass is 192 g/mol. The first-order valence-electron chi connectivity index (χ1n) is 4.85. The van der Waals surface area contributed by atoms with Crippen molar-refractivity contribution in [2.45, 2.75) is 19.4 Å². The zero-order valence-corrected chi connectivity index (χ0v) is 8.52. The molecule has 3 heteroatoms. The van der Waals surface area contributed by atoms with Crippen molar-refractivity contribution in [2.75, 3.05) is 13.6 Å². The van der Waals surface area contributed by atoms with Crippen molar-refractivity contribution < 1.29 is 4.79 Å². The summed E-state index contributed by atoms with van der Waals surface area (Å²) in [6.45, 7) is 1.79. The molecule has 14 heavy (non-hydrogen) atoms. The van der Waals surface area contributed by atoms with Gasteiger partial charge in [-0.2, -0.15) is 0 Å². The van der Waals surface area contributed by atoms with E-state index in [0.29, 0.717) is 6.42 Å². The lowest BCUT2D eigenvalue weighted by molar-refractivity contribution is -0.108. The average molecular weight is 192 g/mol. The molecule has 1 aromatic heterocycles. The third-order valence-corrected chi connectivity index (χ3v) is 2.02. The van der Waals surface area contributed by atoms with Crippen LogP contribution < -0.4 is 0 Å². The number of aldehydes is 1. The van der Waals surface area contributed by atoms with E-state index in [1.165, 1.54) is 0 Å². The second-order valence-electron chi connectivity index (χ2n) is 3.37. The second-order valence-corrected chi connectivity index (χ2v) is 3.37. The molecule has 1 heterocycles. The van der Waals surface area contributed by atoms with Crippen molar-refractivity contribution in [1.29, 1.82) is 0 Å². The predicted octanol–water partition coefficient (Wildman–Crippen LogP) is 1.49. The van der Waals surface area contributed by atoms with Crippen molar-refractivity contribution in [3.05, 3.63) is 30.1 Å². The molecule has 0 bridgehead atoms. The van der Waals surface area contributed by atoms with Gasteiger partial charge in [0.2, 0.25) is 0 Å². The molecular formula is C11H16N2O. The van der Waals surface area contributed by atoms with Crippen molar-refractivity contribution in [2.24, 2.45) is 0 Å². The molecule has 0 aliphatic heterocycles. The van der Waals surface area contributed by atoms with E-state index in [1.54, 1.807) is 6.20 Å². The van der Waals surface area contributed by atoms with Crippen LogP contribution in [0.2, 0.25) is 0 Å². The van der Waals surface area contributed by atoms with Crippen LogP contribution in [-0.2, 0) is 11.3 Å². The molecule has 0 N–H and O–H groups in total. The van der Waals surface area contributed by atoms with Crippen molar-refractivity contribution in [3.8, 4) is 0 Å². The first-order valence-corrected chi connectivity index (χ1v) is 4.85. The van der Waals surface area contributed by atoms with Crippen LogP contribution in [-0.4, -0.2) is 29.8 Å². The predicted molar refractivity (Wildman–Crippen MR) is 55.9 cm³/mol. The summed E-state index contributed by atoms with van der Waals surface area (Å²) in [6, 6.07) is 5.91. The number of unbranched alkanes of at least 4 members (excludes halogenated alkanes) is 1. The van der Waals surface area contributed by atoms with E-state index in [1.807, 2.05) is 25.2 Å². The lowest BCUT2D eigenvalue weighted by Crippen LogP contribution is -2.19. The highest BCUT2D eigenvalue weighted by atomic mass is 16.1. The standard InChI is InChI=1S/C11H16N2O/c1-13(8-4-5-9-14)10-11-6-2-3-7-12-11/h2-3,6-7,9H,4-5,8,10H2,1H3. The number of hydrogen-bond donors (Lipinski definition) is 0. The maximum absolute atomic E-state index is 10.1. The Morgan fingerprint density at radius 1 is 1.50 bits per heavy atom. The lowest BCUT2D eigenvalue weighted by Gasteiger charge is -2.14. The number of hydrogen-bond acceptors (Lipinski definition) is 3. The van der Waals surface area contributed by atoms with Gasteiger partial charge in [-0.15, -0.1) is 0 Å². The Balaban J connectivity index is 2.26. The highest BCUT2D eigenvalue weighted by Gasteiger charge is 1.99. The first-order chi connectivity index (χ1) is 6.83. The van der Waals surface area contributed by atoms with Gasteiger partial charge in [0.15, 0.2) is 0 Å². The van der Waals surface area contributed by atoms with E-state index in [9.17, 15) is 4.79 Å². The van der Waals surface area contributed by atoms with E-state index in [-0.39, 0.29) is 0 Å². The van der Waals surface area contributed by atoms with Crippen LogP contribution in [0.4, 0.5) is 0 Å². The summed E-state index contributed by atoms with van der Waals surface area (Å²) in [5, 5.41) is 0. The molecule has 0 aliphatic rings. The Labute approximate surface area is 84.8 Å². The van der Waals surface area contributed by atoms with Gasteiger partial charge in [-0.1, -0.05) is 6.07 Å². The summed E-state index contributed by atoms with van der Waals surface area (Å²) in [5.41, 5.74) is 1.07. The Morgan fingerprint density at radius 3 is 3.00 bits per heavy atom. The van der Waals surface area contributed by atoms with Gasteiger partial charge in [0.1, 0.15) is 6.29 Å². The fraction of sp³-hybridized carbons (Fsp3) is 0.455. The Morgan fingerprint density at radius 2 is 2.36 bits per heavy atom. The minimum absolute atomic E-state index is 0.645. The number of nitrogens with zero attached hydrogens (tertiary/aromatic N) is 2. The first kappa shape index (κ1) is 10.9. The SMILES string of the molecule is CN(CCCC=O)Cc1ccccn1. The van der Waals surface area contributed by atoms with Crippen LogP contribution in [0.25, 0.3) is 0 Å². The molecule has 0 radical (unpaired) electrons. The molecule has 1 rings (SSSR count). The highest BCUT2D eigenvalue weighted by Crippen LogP contribution is 1.99. The summed E-state index contributed by atoms with van der Waals surface area (Å²) in [5.74, 6) is 0. The molecule has 0 fully saturated rings. The molecule has 0 aliphatic carbocycles. The van der Waals surface area contributed by atoms with E-state index in [4.69, 9.17) is 0 Å². The Hall–Kier alpha value is -1.22. The molecule has 76 valence electrons. The number of pyridine rings is 1. The minimum atomic E-state index is 0.645. The van der Waals surface area contributed by atoms with E-state index >= 15 is 0 Å². The molecule has 0 saturated heterocycles. The van der Waals surface area contributed by atoms with Crippen LogP contribution in [0.5, 0.6) is 0 Å². The van der Waals surface area contributed by atoms with Crippen LogP contribution in [0, 0.1) is 0 Å². The summed E-state index contributed by atoms with van der Waals surface area (Å²) in [6.07, 6.45) is 4.34. The zero-order valence-electron chi connectivity index (χ0n) is 8.52. The second kappa shape index (κ2) is 6.27. The van der Waals surface area contributed by atoms with Gasteiger partial charge < -0.3 is 9.69 Å². The topological polar surface area (TPSA) is 33.2 Å². The summed E-state index contributed by atoms with van der Waals surface area (Å²) >= 11 is 0. The zero-order chi connectivity index (χ0) is 10.2. The van der Waals surface area contributed by atoms with Gasteiger partial charge in [-0.3, -0.25) is 4.98 Å². The van der Waals surface area contributed by atoms with Crippen molar-refractivity contribution in [3.63, 3.8) is 0 Å². The fourth-order valence-electron chi connectivity index (χ4n) is 1.29. The number of rotatable bonds is 6. The Kier molecular flexibility index (Phi) is 4.86. The van der Waals surface area contributed by atoms with Gasteiger partial charge in [0.05, 0.1) is 5.69 Å². The molecule has 0 amide bonds. The smallest absolute Gasteiger partial charge is 0.120 e. The van der Waals surface area contributed by atoms with Crippen molar-refractivity contribution >= 4 is 6.29 Å². The van der Waals surface area contributed by atoms with E-state index in [2.05, 4.69) is 9.88 Å². The summed E-state index contributed by atoms with van der Waals surface area (Å²) in [7, 11) is 2.04. The molecular weight excluding hydrogens is 176 g/mol. The largest absolute Gasteiger partial charge is 0.303 e. The van der Waals surface area contributed by atoms with Gasteiger partial charge in [0, 0.05) is 19.2 Å². The van der Waals surface area contributed by atoms with Gasteiger partial charge in [-0.25, -0.2) is 0 Å². The van der Waals surface area contributed by atoms with Crippen LogP contribution >= 0.6 is 0 Å². The quantitative estimate of drug-likeness (QED) is 0.506. The van der Waals surface area contributed by atoms with Crippen molar-refractivity contribution in [1.82, 2.24) is 9.88 Å². The van der Waals surface area contributed by atoms with E-state index < -0.39 is 0 Å². The molecule has 0 saturated carbocycles. The highest BCUT2D eigenvalue weighted by molar-refractivity contribution is 5.48. The molecule has 0 aromatic carbocycles. The third-order valence-electron chi connectivity index (χ3n) is 2.02. The molecule has 0 spiro atoms. The van der Waals surface area contributed by atoms with Crippen LogP contribution in [0.3, 0.4) is 0 Å².